The van der Waals surface area contributed by atoms with E-state index in [1.54, 1.807) is 13.0 Å². The lowest BCUT2D eigenvalue weighted by Gasteiger charge is -2.19. The van der Waals surface area contributed by atoms with Gasteiger partial charge in [0.15, 0.2) is 6.10 Å². The number of amides is 1. The lowest BCUT2D eigenvalue weighted by atomic mass is 9.98. The van der Waals surface area contributed by atoms with Crippen LogP contribution in [0.1, 0.15) is 45.6 Å². The molecular weight excluding hydrogens is 314 g/mol. The Kier molecular flexibility index (Phi) is 6.87. The fourth-order valence-electron chi connectivity index (χ4n) is 2.53. The minimum atomic E-state index is -0.596. The van der Waals surface area contributed by atoms with E-state index >= 15 is 0 Å². The monoisotopic (exact) mass is 341 g/mol. The van der Waals surface area contributed by atoms with Crippen LogP contribution in [0.3, 0.4) is 0 Å². The van der Waals surface area contributed by atoms with E-state index in [-0.39, 0.29) is 5.91 Å². The van der Waals surface area contributed by atoms with Crippen molar-refractivity contribution in [3.8, 4) is 11.5 Å². The van der Waals surface area contributed by atoms with Crippen molar-refractivity contribution in [2.75, 3.05) is 11.9 Å². The highest BCUT2D eigenvalue weighted by molar-refractivity contribution is 5.94. The summed E-state index contributed by atoms with van der Waals surface area (Å²) in [6.45, 7) is 8.57. The van der Waals surface area contributed by atoms with E-state index in [0.29, 0.717) is 18.2 Å². The summed E-state index contributed by atoms with van der Waals surface area (Å²) in [7, 11) is 0. The predicted molar refractivity (Wildman–Crippen MR) is 101 cm³/mol. The highest BCUT2D eigenvalue weighted by Gasteiger charge is 2.18. The molecule has 0 aromatic heterocycles. The Bertz CT molecular complexity index is 699. The van der Waals surface area contributed by atoms with Crippen LogP contribution in [0, 0.1) is 0 Å². The fraction of sp³-hybridized carbons (Fsp3) is 0.381. The summed E-state index contributed by atoms with van der Waals surface area (Å²) >= 11 is 0. The number of carbonyl (C=O) groups is 1. The molecule has 0 spiro atoms. The van der Waals surface area contributed by atoms with Crippen LogP contribution in [-0.2, 0) is 4.79 Å². The average molecular weight is 341 g/mol. The van der Waals surface area contributed by atoms with Gasteiger partial charge in [0.25, 0.3) is 5.91 Å². The summed E-state index contributed by atoms with van der Waals surface area (Å²) in [6, 6.07) is 15.3. The molecule has 0 aliphatic heterocycles. The first-order valence-corrected chi connectivity index (χ1v) is 8.84. The number of carbonyl (C=O) groups excluding carboxylic acids is 1. The maximum absolute atomic E-state index is 12.5. The van der Waals surface area contributed by atoms with Gasteiger partial charge in [0.05, 0.1) is 6.61 Å². The van der Waals surface area contributed by atoms with Gasteiger partial charge >= 0.3 is 0 Å². The number of anilines is 1. The third kappa shape index (κ3) is 5.24. The van der Waals surface area contributed by atoms with Gasteiger partial charge in [-0.25, -0.2) is 0 Å². The molecule has 0 radical (unpaired) electrons. The highest BCUT2D eigenvalue weighted by atomic mass is 16.5. The molecule has 0 saturated heterocycles. The molecule has 2 unspecified atom stereocenters. The molecule has 0 saturated carbocycles. The summed E-state index contributed by atoms with van der Waals surface area (Å²) in [5, 5.41) is 2.88. The van der Waals surface area contributed by atoms with Crippen LogP contribution < -0.4 is 14.8 Å². The number of hydrogen-bond donors (Lipinski definition) is 1. The largest absolute Gasteiger partial charge is 0.494 e. The molecule has 134 valence electrons. The molecule has 2 aromatic carbocycles. The van der Waals surface area contributed by atoms with Gasteiger partial charge < -0.3 is 14.8 Å². The van der Waals surface area contributed by atoms with Crippen molar-refractivity contribution in [3.05, 3.63) is 54.1 Å². The van der Waals surface area contributed by atoms with Crippen LogP contribution in [0.4, 0.5) is 5.69 Å². The number of ether oxygens (including phenoxy) is 2. The highest BCUT2D eigenvalue weighted by Crippen LogP contribution is 2.29. The summed E-state index contributed by atoms with van der Waals surface area (Å²) in [4.78, 5) is 12.5. The normalized spacial score (nSPS) is 13.0. The van der Waals surface area contributed by atoms with Crippen LogP contribution in [-0.4, -0.2) is 18.6 Å². The second-order valence-electron chi connectivity index (χ2n) is 6.06. The van der Waals surface area contributed by atoms with Crippen LogP contribution in [0.2, 0.25) is 0 Å². The van der Waals surface area contributed by atoms with Crippen molar-refractivity contribution in [2.24, 2.45) is 0 Å². The molecule has 4 nitrogen and oxygen atoms in total. The Labute approximate surface area is 150 Å². The maximum atomic E-state index is 12.5. The van der Waals surface area contributed by atoms with Gasteiger partial charge in [0.1, 0.15) is 11.5 Å². The van der Waals surface area contributed by atoms with Gasteiger partial charge in [-0.15, -0.1) is 0 Å². The Morgan fingerprint density at radius 1 is 1.08 bits per heavy atom. The SMILES string of the molecule is CCOc1cccc(NC(=O)C(C)Oc2ccccc2C(C)CC)c1. The molecule has 4 heteroatoms. The average Bonchev–Trinajstić information content (AvgIpc) is 2.62. The maximum Gasteiger partial charge on any atom is 0.265 e. The first kappa shape index (κ1) is 18.8. The third-order valence-electron chi connectivity index (χ3n) is 4.15. The molecular formula is C21H27NO3. The molecule has 2 atom stereocenters. The Morgan fingerprint density at radius 3 is 2.56 bits per heavy atom. The summed E-state index contributed by atoms with van der Waals surface area (Å²) in [5.41, 5.74) is 1.82. The molecule has 1 amide bonds. The Morgan fingerprint density at radius 2 is 1.84 bits per heavy atom. The number of para-hydroxylation sites is 1. The van der Waals surface area contributed by atoms with Crippen molar-refractivity contribution in [1.82, 2.24) is 0 Å². The minimum Gasteiger partial charge on any atom is -0.494 e. The number of rotatable bonds is 8. The van der Waals surface area contributed by atoms with Crippen LogP contribution in [0.15, 0.2) is 48.5 Å². The first-order valence-electron chi connectivity index (χ1n) is 8.84. The second kappa shape index (κ2) is 9.11. The number of hydrogen-bond acceptors (Lipinski definition) is 3. The van der Waals surface area contributed by atoms with Gasteiger partial charge in [-0.2, -0.15) is 0 Å². The first-order chi connectivity index (χ1) is 12.0. The molecule has 0 bridgehead atoms. The molecule has 0 fully saturated rings. The predicted octanol–water partition coefficient (Wildman–Crippen LogP) is 5.00. The second-order valence-corrected chi connectivity index (χ2v) is 6.06. The quantitative estimate of drug-likeness (QED) is 0.734. The molecule has 0 aliphatic rings. The topological polar surface area (TPSA) is 47.6 Å². The molecule has 2 rings (SSSR count). The standard InChI is InChI=1S/C21H27NO3/c1-5-15(3)19-12-7-8-13-20(19)25-16(4)21(23)22-17-10-9-11-18(14-17)24-6-2/h7-16H,5-6H2,1-4H3,(H,22,23). The van der Waals surface area contributed by atoms with E-state index in [4.69, 9.17) is 9.47 Å². The van der Waals surface area contributed by atoms with Crippen LogP contribution in [0.5, 0.6) is 11.5 Å². The van der Waals surface area contributed by atoms with Gasteiger partial charge in [-0.3, -0.25) is 4.79 Å². The molecule has 25 heavy (non-hydrogen) atoms. The summed E-state index contributed by atoms with van der Waals surface area (Å²) in [6.07, 6.45) is 0.423. The van der Waals surface area contributed by atoms with Gasteiger partial charge in [0, 0.05) is 11.8 Å². The summed E-state index contributed by atoms with van der Waals surface area (Å²) < 4.78 is 11.4. The lowest BCUT2D eigenvalue weighted by Crippen LogP contribution is -2.30. The molecule has 2 aromatic rings. The van der Waals surface area contributed by atoms with Crippen molar-refractivity contribution in [2.45, 2.75) is 46.1 Å². The fourth-order valence-corrected chi connectivity index (χ4v) is 2.53. The van der Waals surface area contributed by atoms with Crippen molar-refractivity contribution < 1.29 is 14.3 Å². The molecule has 0 heterocycles. The zero-order valence-corrected chi connectivity index (χ0v) is 15.4. The number of nitrogens with one attached hydrogen (secondary N) is 1. The van der Waals surface area contributed by atoms with E-state index in [2.05, 4.69) is 25.2 Å². The van der Waals surface area contributed by atoms with Gasteiger partial charge in [0.2, 0.25) is 0 Å². The van der Waals surface area contributed by atoms with Gasteiger partial charge in [-0.1, -0.05) is 38.1 Å². The lowest BCUT2D eigenvalue weighted by molar-refractivity contribution is -0.122. The Hall–Kier alpha value is -2.49. The third-order valence-corrected chi connectivity index (χ3v) is 4.15. The van der Waals surface area contributed by atoms with E-state index in [1.807, 2.05) is 43.3 Å². The Balaban J connectivity index is 2.05. The van der Waals surface area contributed by atoms with E-state index < -0.39 is 6.10 Å². The van der Waals surface area contributed by atoms with Crippen molar-refractivity contribution >= 4 is 11.6 Å². The van der Waals surface area contributed by atoms with Crippen molar-refractivity contribution in [3.63, 3.8) is 0 Å². The molecule has 1 N–H and O–H groups in total. The minimum absolute atomic E-state index is 0.187. The smallest absolute Gasteiger partial charge is 0.265 e. The molecule has 0 aliphatic carbocycles. The van der Waals surface area contributed by atoms with Crippen molar-refractivity contribution in [1.29, 1.82) is 0 Å². The summed E-state index contributed by atoms with van der Waals surface area (Å²) in [5.74, 6) is 1.69. The van der Waals surface area contributed by atoms with E-state index in [0.717, 1.165) is 23.5 Å². The van der Waals surface area contributed by atoms with E-state index in [9.17, 15) is 4.79 Å². The van der Waals surface area contributed by atoms with Gasteiger partial charge in [-0.05, 0) is 49.9 Å². The van der Waals surface area contributed by atoms with Crippen LogP contribution >= 0.6 is 0 Å². The van der Waals surface area contributed by atoms with Crippen LogP contribution in [0.25, 0.3) is 0 Å². The zero-order chi connectivity index (χ0) is 18.2. The zero-order valence-electron chi connectivity index (χ0n) is 15.4. The number of benzene rings is 2. The van der Waals surface area contributed by atoms with E-state index in [1.165, 1.54) is 0 Å².